The molecule has 0 spiro atoms. The molecule has 0 aliphatic carbocycles. The van der Waals surface area contributed by atoms with Crippen LogP contribution in [0.3, 0.4) is 0 Å². The molecule has 0 aromatic heterocycles. The Morgan fingerprint density at radius 1 is 1.64 bits per heavy atom. The van der Waals surface area contributed by atoms with Crippen molar-refractivity contribution in [3.8, 4) is 0 Å². The number of cyclic esters (lactones) is 1. The van der Waals surface area contributed by atoms with Crippen molar-refractivity contribution in [1.29, 1.82) is 0 Å². The van der Waals surface area contributed by atoms with Crippen molar-refractivity contribution in [2.24, 2.45) is 0 Å². The lowest BCUT2D eigenvalue weighted by atomic mass is 10.2. The minimum absolute atomic E-state index is 0.259. The summed E-state index contributed by atoms with van der Waals surface area (Å²) in [5.41, 5.74) is 0.690. The van der Waals surface area contributed by atoms with Gasteiger partial charge in [0, 0.05) is 4.99 Å². The number of carbonyl (C=O) groups is 1. The van der Waals surface area contributed by atoms with E-state index in [-0.39, 0.29) is 5.97 Å². The molecule has 1 aliphatic rings. The molecule has 0 fully saturated rings. The molecule has 0 bridgehead atoms. The Hall–Kier alpha value is -0.0900. The lowest BCUT2D eigenvalue weighted by molar-refractivity contribution is -0.133. The van der Waals surface area contributed by atoms with E-state index in [9.17, 15) is 4.79 Å². The first kappa shape index (κ1) is 9.00. The second-order valence-corrected chi connectivity index (χ2v) is 3.26. The summed E-state index contributed by atoms with van der Waals surface area (Å²) in [6, 6.07) is 0. The van der Waals surface area contributed by atoms with Gasteiger partial charge in [0.1, 0.15) is 0 Å². The topological polar surface area (TPSA) is 26.3 Å². The molecule has 0 radical (unpaired) electrons. The molecule has 0 amide bonds. The van der Waals surface area contributed by atoms with E-state index < -0.39 is 0 Å². The predicted octanol–water partition coefficient (Wildman–Crippen LogP) is 2.84. The van der Waals surface area contributed by atoms with Crippen LogP contribution in [0.2, 0.25) is 0 Å². The first-order valence-corrected chi connectivity index (χ1v) is 4.83. The maximum Gasteiger partial charge on any atom is 0.340 e. The van der Waals surface area contributed by atoms with E-state index in [1.807, 2.05) is 6.92 Å². The van der Waals surface area contributed by atoms with Crippen molar-refractivity contribution in [3.63, 3.8) is 0 Å². The van der Waals surface area contributed by atoms with Crippen LogP contribution in [-0.4, -0.2) is 5.97 Å². The zero-order valence-electron chi connectivity index (χ0n) is 5.86. The van der Waals surface area contributed by atoms with Crippen LogP contribution < -0.4 is 0 Å². The maximum absolute atomic E-state index is 11.0. The van der Waals surface area contributed by atoms with Gasteiger partial charge in [-0.15, -0.1) is 0 Å². The predicted molar refractivity (Wildman–Crippen MR) is 49.3 cm³/mol. The highest BCUT2D eigenvalue weighted by molar-refractivity contribution is 9.12. The Kier molecular flexibility index (Phi) is 2.90. The highest BCUT2D eigenvalue weighted by Crippen LogP contribution is 2.32. The van der Waals surface area contributed by atoms with E-state index in [2.05, 4.69) is 31.9 Å². The van der Waals surface area contributed by atoms with E-state index >= 15 is 0 Å². The van der Waals surface area contributed by atoms with Gasteiger partial charge >= 0.3 is 5.97 Å². The van der Waals surface area contributed by atoms with E-state index in [0.29, 0.717) is 17.8 Å². The fraction of sp³-hybridized carbons (Fsp3) is 0.286. The first-order valence-electron chi connectivity index (χ1n) is 3.12. The third kappa shape index (κ3) is 1.56. The molecular weight excluding hydrogens is 276 g/mol. The Labute approximate surface area is 81.6 Å². The molecule has 11 heavy (non-hydrogen) atoms. The molecule has 0 saturated heterocycles. The summed E-state index contributed by atoms with van der Waals surface area (Å²) in [6.45, 7) is 1.91. The van der Waals surface area contributed by atoms with E-state index in [0.717, 1.165) is 4.48 Å². The van der Waals surface area contributed by atoms with Crippen LogP contribution in [0.15, 0.2) is 20.8 Å². The fourth-order valence-electron chi connectivity index (χ4n) is 0.814. The molecule has 1 heterocycles. The summed E-state index contributed by atoms with van der Waals surface area (Å²) >= 11 is 6.36. The summed E-state index contributed by atoms with van der Waals surface area (Å²) in [5.74, 6) is 0.289. The van der Waals surface area contributed by atoms with Gasteiger partial charge in [0.25, 0.3) is 0 Å². The van der Waals surface area contributed by atoms with Gasteiger partial charge in [-0.05, 0) is 22.4 Å². The van der Waals surface area contributed by atoms with E-state index in [1.54, 1.807) is 4.99 Å². The van der Waals surface area contributed by atoms with Crippen molar-refractivity contribution >= 4 is 37.8 Å². The average Bonchev–Trinajstić information content (AvgIpc) is 2.26. The van der Waals surface area contributed by atoms with E-state index in [1.165, 1.54) is 0 Å². The molecule has 4 heteroatoms. The molecule has 0 atom stereocenters. The first-order chi connectivity index (χ1) is 5.20. The number of rotatable bonds is 1. The standard InChI is InChI=1S/C7H6Br2O2/c1-2-4-6(9)5(3-8)11-7(4)10/h3H,2H2,1H3. The highest BCUT2D eigenvalue weighted by Gasteiger charge is 2.26. The molecule has 1 rings (SSSR count). The summed E-state index contributed by atoms with van der Waals surface area (Å²) < 4.78 is 5.63. The smallest absolute Gasteiger partial charge is 0.340 e. The maximum atomic E-state index is 11.0. The van der Waals surface area contributed by atoms with Crippen LogP contribution in [0.5, 0.6) is 0 Å². The van der Waals surface area contributed by atoms with E-state index in [4.69, 9.17) is 4.74 Å². The summed E-state index contributed by atoms with van der Waals surface area (Å²) in [6.07, 6.45) is 0.684. The number of esters is 1. The SMILES string of the molecule is CCC1=C(Br)C(=CBr)OC1=O. The molecular formula is C7H6Br2O2. The van der Waals surface area contributed by atoms with Crippen LogP contribution in [0.1, 0.15) is 13.3 Å². The molecule has 0 aromatic rings. The van der Waals surface area contributed by atoms with Crippen LogP contribution in [-0.2, 0) is 9.53 Å². The average molecular weight is 282 g/mol. The highest BCUT2D eigenvalue weighted by atomic mass is 79.9. The lowest BCUT2D eigenvalue weighted by Gasteiger charge is -1.92. The molecule has 0 saturated carbocycles. The van der Waals surface area contributed by atoms with Gasteiger partial charge < -0.3 is 4.74 Å². The number of allylic oxidation sites excluding steroid dienone is 1. The van der Waals surface area contributed by atoms with Gasteiger partial charge in [-0.1, -0.05) is 22.9 Å². The van der Waals surface area contributed by atoms with Gasteiger partial charge in [0.2, 0.25) is 0 Å². The Balaban J connectivity index is 3.04. The number of hydrogen-bond donors (Lipinski definition) is 0. The normalized spacial score (nSPS) is 21.4. The van der Waals surface area contributed by atoms with Gasteiger partial charge in [-0.2, -0.15) is 0 Å². The van der Waals surface area contributed by atoms with Gasteiger partial charge in [-0.25, -0.2) is 4.79 Å². The Morgan fingerprint density at radius 2 is 2.27 bits per heavy atom. The van der Waals surface area contributed by atoms with Gasteiger partial charge in [0.05, 0.1) is 10.1 Å². The summed E-state index contributed by atoms with van der Waals surface area (Å²) in [5, 5.41) is 0. The minimum Gasteiger partial charge on any atom is -0.421 e. The lowest BCUT2D eigenvalue weighted by Crippen LogP contribution is -1.96. The van der Waals surface area contributed by atoms with Gasteiger partial charge in [-0.3, -0.25) is 0 Å². The van der Waals surface area contributed by atoms with Crippen LogP contribution in [0.25, 0.3) is 0 Å². The quantitative estimate of drug-likeness (QED) is 0.691. The monoisotopic (exact) mass is 280 g/mol. The minimum atomic E-state index is -0.259. The van der Waals surface area contributed by atoms with Crippen LogP contribution in [0.4, 0.5) is 0 Å². The molecule has 60 valence electrons. The Bertz CT molecular complexity index is 253. The number of ether oxygens (including phenoxy) is 1. The van der Waals surface area contributed by atoms with Crippen LogP contribution in [0, 0.1) is 0 Å². The second kappa shape index (κ2) is 3.54. The largest absolute Gasteiger partial charge is 0.421 e. The number of halogens is 2. The third-order valence-electron chi connectivity index (χ3n) is 1.38. The molecule has 0 aromatic carbocycles. The van der Waals surface area contributed by atoms with Crippen molar-refractivity contribution in [3.05, 3.63) is 20.8 Å². The van der Waals surface area contributed by atoms with Crippen molar-refractivity contribution < 1.29 is 9.53 Å². The molecule has 2 nitrogen and oxygen atoms in total. The molecule has 1 aliphatic heterocycles. The van der Waals surface area contributed by atoms with Gasteiger partial charge in [0.15, 0.2) is 5.76 Å². The van der Waals surface area contributed by atoms with Crippen molar-refractivity contribution in [2.75, 3.05) is 0 Å². The summed E-state index contributed by atoms with van der Waals surface area (Å²) in [7, 11) is 0. The molecule has 0 N–H and O–H groups in total. The van der Waals surface area contributed by atoms with Crippen molar-refractivity contribution in [1.82, 2.24) is 0 Å². The zero-order valence-corrected chi connectivity index (χ0v) is 9.03. The number of hydrogen-bond acceptors (Lipinski definition) is 2. The molecule has 0 unspecified atom stereocenters. The summed E-state index contributed by atoms with van der Waals surface area (Å²) in [4.78, 5) is 12.6. The number of carbonyl (C=O) groups excluding carboxylic acids is 1. The van der Waals surface area contributed by atoms with Crippen LogP contribution >= 0.6 is 31.9 Å². The van der Waals surface area contributed by atoms with Crippen molar-refractivity contribution in [2.45, 2.75) is 13.3 Å². The Morgan fingerprint density at radius 3 is 2.55 bits per heavy atom. The third-order valence-corrected chi connectivity index (χ3v) is 2.67. The fourth-order valence-corrected chi connectivity index (χ4v) is 2.08. The zero-order chi connectivity index (χ0) is 8.43. The second-order valence-electron chi connectivity index (χ2n) is 2.01.